The summed E-state index contributed by atoms with van der Waals surface area (Å²) in [6, 6.07) is 2.45. The third-order valence-corrected chi connectivity index (χ3v) is 7.31. The van der Waals surface area contributed by atoms with Crippen molar-refractivity contribution in [3.8, 4) is 11.1 Å². The lowest BCUT2D eigenvalue weighted by atomic mass is 10.0. The summed E-state index contributed by atoms with van der Waals surface area (Å²) >= 11 is 0. The first kappa shape index (κ1) is 31.0. The van der Waals surface area contributed by atoms with Crippen LogP contribution in [0.2, 0.25) is 0 Å². The number of aromatic nitrogens is 2. The van der Waals surface area contributed by atoms with Gasteiger partial charge in [-0.1, -0.05) is 0 Å². The van der Waals surface area contributed by atoms with Crippen LogP contribution in [0.1, 0.15) is 29.8 Å². The molecule has 0 aliphatic carbocycles. The van der Waals surface area contributed by atoms with E-state index in [2.05, 4.69) is 20.6 Å². The number of nitrogens with zero attached hydrogens (tertiary/aromatic N) is 5. The SMILES string of the molecule is C[C@@H]1CN(c2cc(F)c(-c3cnc(N4CCOCC4)nc3)cc2NC(=O)c2cc([N+](=O)[O-])c(F)cc2C(F)(F)F)C[C@H](C)N1. The highest BCUT2D eigenvalue weighted by molar-refractivity contribution is 6.08. The Bertz CT molecular complexity index is 1560. The molecule has 2 aromatic carbocycles. The first-order valence-corrected chi connectivity index (χ1v) is 13.7. The standard InChI is InChI=1S/C28H28F5N7O4/c1-15-13-39(14-16(2)36-15)25-10-21(29)18(17-11-34-27(35-12-17)38-3-5-44-6-4-38)7-23(25)37-26(41)19-8-24(40(42)43)22(30)9-20(19)28(31,32)33/h7-12,15-16,36H,3-6,13-14H2,1-2H3,(H,37,41)/t15-,16+. The van der Waals surface area contributed by atoms with E-state index >= 15 is 4.39 Å². The summed E-state index contributed by atoms with van der Waals surface area (Å²) in [5.41, 5.74) is -3.86. The first-order valence-electron chi connectivity index (χ1n) is 13.7. The number of morpholine rings is 1. The summed E-state index contributed by atoms with van der Waals surface area (Å²) in [4.78, 5) is 35.7. The summed E-state index contributed by atoms with van der Waals surface area (Å²) < 4.78 is 76.6. The fourth-order valence-corrected chi connectivity index (χ4v) is 5.37. The van der Waals surface area contributed by atoms with Gasteiger partial charge in [-0.05, 0) is 32.0 Å². The minimum absolute atomic E-state index is 0.0464. The van der Waals surface area contributed by atoms with E-state index in [1.165, 1.54) is 18.5 Å². The number of rotatable bonds is 6. The Hall–Kier alpha value is -4.44. The molecule has 1 aromatic heterocycles. The lowest BCUT2D eigenvalue weighted by molar-refractivity contribution is -0.387. The molecule has 2 atom stereocenters. The Balaban J connectivity index is 1.57. The molecule has 3 aromatic rings. The third kappa shape index (κ3) is 6.55. The second kappa shape index (κ2) is 12.3. The minimum atomic E-state index is -5.21. The van der Waals surface area contributed by atoms with Crippen molar-refractivity contribution in [2.45, 2.75) is 32.1 Å². The van der Waals surface area contributed by atoms with Crippen molar-refractivity contribution in [3.05, 3.63) is 69.5 Å². The molecule has 2 saturated heterocycles. The van der Waals surface area contributed by atoms with Crippen LogP contribution in [0.5, 0.6) is 0 Å². The number of piperazine rings is 1. The Morgan fingerprint density at radius 3 is 2.25 bits per heavy atom. The first-order chi connectivity index (χ1) is 20.8. The van der Waals surface area contributed by atoms with Gasteiger partial charge in [0.05, 0.1) is 40.6 Å². The molecule has 2 N–H and O–H groups in total. The summed E-state index contributed by atoms with van der Waals surface area (Å²) in [6.07, 6.45) is -2.43. The minimum Gasteiger partial charge on any atom is -0.378 e. The number of hydrogen-bond acceptors (Lipinski definition) is 9. The molecule has 44 heavy (non-hydrogen) atoms. The molecule has 0 saturated carbocycles. The number of nitrogens with one attached hydrogen (secondary N) is 2. The van der Waals surface area contributed by atoms with Crippen LogP contribution in [-0.2, 0) is 10.9 Å². The average Bonchev–Trinajstić information content (AvgIpc) is 2.97. The molecule has 3 heterocycles. The quantitative estimate of drug-likeness (QED) is 0.230. The van der Waals surface area contributed by atoms with Crippen LogP contribution in [0.4, 0.5) is 45.0 Å². The molecule has 2 fully saturated rings. The number of carbonyl (C=O) groups excluding carboxylic acids is 1. The van der Waals surface area contributed by atoms with Gasteiger partial charge in [-0.3, -0.25) is 14.9 Å². The Labute approximate surface area is 248 Å². The maximum atomic E-state index is 15.7. The molecule has 1 amide bonds. The molecule has 2 aliphatic rings. The van der Waals surface area contributed by atoms with E-state index in [-0.39, 0.29) is 46.7 Å². The van der Waals surface area contributed by atoms with E-state index in [0.717, 1.165) is 6.07 Å². The maximum absolute atomic E-state index is 15.7. The molecule has 2 aliphatic heterocycles. The van der Waals surface area contributed by atoms with Crippen molar-refractivity contribution in [3.63, 3.8) is 0 Å². The highest BCUT2D eigenvalue weighted by Crippen LogP contribution is 2.38. The van der Waals surface area contributed by atoms with Gasteiger partial charge in [0.15, 0.2) is 0 Å². The van der Waals surface area contributed by atoms with Crippen LogP contribution >= 0.6 is 0 Å². The molecular weight excluding hydrogens is 593 g/mol. The van der Waals surface area contributed by atoms with Crippen molar-refractivity contribution >= 4 is 28.9 Å². The summed E-state index contributed by atoms with van der Waals surface area (Å²) in [5, 5.41) is 17.0. The topological polar surface area (TPSA) is 126 Å². The maximum Gasteiger partial charge on any atom is 0.417 e. The predicted octanol–water partition coefficient (Wildman–Crippen LogP) is 4.62. The Kier molecular flexibility index (Phi) is 8.65. The van der Waals surface area contributed by atoms with E-state index in [1.807, 2.05) is 18.7 Å². The van der Waals surface area contributed by atoms with Gasteiger partial charge in [0.1, 0.15) is 5.82 Å². The van der Waals surface area contributed by atoms with Gasteiger partial charge in [0.25, 0.3) is 5.91 Å². The molecule has 0 radical (unpaired) electrons. The van der Waals surface area contributed by atoms with Crippen molar-refractivity contribution < 1.29 is 36.4 Å². The number of alkyl halides is 3. The Morgan fingerprint density at radius 2 is 1.66 bits per heavy atom. The summed E-state index contributed by atoms with van der Waals surface area (Å²) in [7, 11) is 0. The van der Waals surface area contributed by atoms with E-state index in [4.69, 9.17) is 4.74 Å². The molecule has 234 valence electrons. The van der Waals surface area contributed by atoms with E-state index in [1.54, 1.807) is 4.90 Å². The zero-order valence-electron chi connectivity index (χ0n) is 23.6. The van der Waals surface area contributed by atoms with Gasteiger partial charge in [-0.2, -0.15) is 17.6 Å². The van der Waals surface area contributed by atoms with Crippen LogP contribution in [0, 0.1) is 21.7 Å². The monoisotopic (exact) mass is 621 g/mol. The fraction of sp³-hybridized carbons (Fsp3) is 0.393. The van der Waals surface area contributed by atoms with Gasteiger partial charge in [-0.15, -0.1) is 0 Å². The lowest BCUT2D eigenvalue weighted by Gasteiger charge is -2.38. The Morgan fingerprint density at radius 1 is 1.02 bits per heavy atom. The van der Waals surface area contributed by atoms with Crippen molar-refractivity contribution in [1.29, 1.82) is 0 Å². The smallest absolute Gasteiger partial charge is 0.378 e. The van der Waals surface area contributed by atoms with Crippen LogP contribution in [0.3, 0.4) is 0 Å². The van der Waals surface area contributed by atoms with Gasteiger partial charge in [0.2, 0.25) is 11.8 Å². The van der Waals surface area contributed by atoms with Crippen molar-refractivity contribution in [2.75, 3.05) is 54.5 Å². The molecule has 16 heteroatoms. The van der Waals surface area contributed by atoms with Crippen molar-refractivity contribution in [2.24, 2.45) is 0 Å². The van der Waals surface area contributed by atoms with Gasteiger partial charge >= 0.3 is 11.9 Å². The largest absolute Gasteiger partial charge is 0.417 e. The van der Waals surface area contributed by atoms with Gasteiger partial charge in [-0.25, -0.2) is 14.4 Å². The number of nitro benzene ring substituents is 1. The molecule has 11 nitrogen and oxygen atoms in total. The van der Waals surface area contributed by atoms with Crippen LogP contribution in [-0.4, -0.2) is 72.3 Å². The number of nitro groups is 1. The second-order valence-corrected chi connectivity index (χ2v) is 10.7. The normalized spacial score (nSPS) is 19.2. The fourth-order valence-electron chi connectivity index (χ4n) is 5.37. The highest BCUT2D eigenvalue weighted by Gasteiger charge is 2.38. The van der Waals surface area contributed by atoms with Gasteiger partial charge in [0, 0.05) is 67.8 Å². The summed E-state index contributed by atoms with van der Waals surface area (Å²) in [6.45, 7) is 6.68. The predicted molar refractivity (Wildman–Crippen MR) is 151 cm³/mol. The number of ether oxygens (including phenoxy) is 1. The molecule has 0 unspecified atom stereocenters. The van der Waals surface area contributed by atoms with Crippen LogP contribution in [0.15, 0.2) is 36.7 Å². The average molecular weight is 622 g/mol. The zero-order valence-corrected chi connectivity index (χ0v) is 23.6. The van der Waals surface area contributed by atoms with Crippen LogP contribution in [0.25, 0.3) is 11.1 Å². The van der Waals surface area contributed by atoms with E-state index in [9.17, 15) is 32.5 Å². The second-order valence-electron chi connectivity index (χ2n) is 10.7. The zero-order chi connectivity index (χ0) is 31.8. The number of anilines is 3. The van der Waals surface area contributed by atoms with Crippen molar-refractivity contribution in [1.82, 2.24) is 15.3 Å². The van der Waals surface area contributed by atoms with E-state index < -0.39 is 45.5 Å². The third-order valence-electron chi connectivity index (χ3n) is 7.31. The number of benzene rings is 2. The number of amides is 1. The number of hydrogen-bond donors (Lipinski definition) is 2. The number of halogens is 5. The van der Waals surface area contributed by atoms with E-state index in [0.29, 0.717) is 45.3 Å². The highest BCUT2D eigenvalue weighted by atomic mass is 19.4. The van der Waals surface area contributed by atoms with Gasteiger partial charge < -0.3 is 25.2 Å². The molecular formula is C28H28F5N7O4. The summed E-state index contributed by atoms with van der Waals surface area (Å²) in [5.74, 6) is -3.43. The number of carbonyl (C=O) groups is 1. The molecule has 0 bridgehead atoms. The van der Waals surface area contributed by atoms with Crippen LogP contribution < -0.4 is 20.4 Å². The lowest BCUT2D eigenvalue weighted by Crippen LogP contribution is -2.54. The molecule has 0 spiro atoms. The molecule has 5 rings (SSSR count).